The van der Waals surface area contributed by atoms with Crippen molar-refractivity contribution in [3.63, 3.8) is 0 Å². The van der Waals surface area contributed by atoms with Crippen molar-refractivity contribution < 1.29 is 14.3 Å². The van der Waals surface area contributed by atoms with Gasteiger partial charge in [0.15, 0.2) is 0 Å². The number of benzene rings is 1. The summed E-state index contributed by atoms with van der Waals surface area (Å²) < 4.78 is 5.64. The smallest absolute Gasteiger partial charge is 0.325 e. The molecular formula is C19H25NO3. The number of carbonyl (C=O) groups excluding carboxylic acids is 2. The van der Waals surface area contributed by atoms with Gasteiger partial charge in [-0.05, 0) is 36.8 Å². The van der Waals surface area contributed by atoms with Crippen molar-refractivity contribution in [3.8, 4) is 0 Å². The third-order valence-electron chi connectivity index (χ3n) is 4.84. The van der Waals surface area contributed by atoms with E-state index in [1.807, 2.05) is 6.07 Å². The standard InChI is InChI=1S/C19H25NO3/c21-18-9-3-1-2-6-12-20(18)14-19(22)23-17-11-10-15-7-4-5-8-16(15)13-17/h4-5,7-8,17H,1-3,6,9-14H2. The van der Waals surface area contributed by atoms with E-state index in [9.17, 15) is 9.59 Å². The van der Waals surface area contributed by atoms with Gasteiger partial charge in [-0.1, -0.05) is 37.1 Å². The van der Waals surface area contributed by atoms with Crippen LogP contribution in [0, 0.1) is 0 Å². The van der Waals surface area contributed by atoms with Crippen LogP contribution >= 0.6 is 0 Å². The lowest BCUT2D eigenvalue weighted by Gasteiger charge is -2.27. The second-order valence-corrected chi connectivity index (χ2v) is 6.60. The van der Waals surface area contributed by atoms with Gasteiger partial charge < -0.3 is 9.64 Å². The first kappa shape index (κ1) is 16.0. The van der Waals surface area contributed by atoms with E-state index in [2.05, 4.69) is 18.2 Å². The number of likely N-dealkylation sites (tertiary alicyclic amines) is 1. The molecule has 0 bridgehead atoms. The first-order chi connectivity index (χ1) is 11.2. The number of nitrogens with zero attached hydrogens (tertiary/aromatic N) is 1. The lowest BCUT2D eigenvalue weighted by Crippen LogP contribution is -2.39. The average molecular weight is 315 g/mol. The van der Waals surface area contributed by atoms with Gasteiger partial charge in [-0.15, -0.1) is 0 Å². The van der Waals surface area contributed by atoms with E-state index < -0.39 is 0 Å². The van der Waals surface area contributed by atoms with Crippen LogP contribution in [0.15, 0.2) is 24.3 Å². The number of aryl methyl sites for hydroxylation is 1. The van der Waals surface area contributed by atoms with Crippen LogP contribution in [0.4, 0.5) is 0 Å². The van der Waals surface area contributed by atoms with Crippen molar-refractivity contribution in [3.05, 3.63) is 35.4 Å². The molecule has 1 aromatic rings. The Balaban J connectivity index is 1.52. The number of esters is 1. The van der Waals surface area contributed by atoms with Gasteiger partial charge in [0, 0.05) is 19.4 Å². The van der Waals surface area contributed by atoms with Gasteiger partial charge in [0.1, 0.15) is 12.6 Å². The molecule has 1 heterocycles. The minimum atomic E-state index is -0.261. The molecule has 3 rings (SSSR count). The Morgan fingerprint density at radius 1 is 1.09 bits per heavy atom. The molecule has 0 N–H and O–H groups in total. The Labute approximate surface area is 137 Å². The van der Waals surface area contributed by atoms with Crippen molar-refractivity contribution in [1.29, 1.82) is 0 Å². The molecule has 1 atom stereocenters. The fraction of sp³-hybridized carbons (Fsp3) is 0.579. The quantitative estimate of drug-likeness (QED) is 0.806. The number of hydrogen-bond donors (Lipinski definition) is 0. The minimum Gasteiger partial charge on any atom is -0.461 e. The molecule has 1 amide bonds. The molecule has 0 spiro atoms. The summed E-state index contributed by atoms with van der Waals surface area (Å²) in [5.74, 6) is -0.168. The van der Waals surface area contributed by atoms with Crippen molar-refractivity contribution in [1.82, 2.24) is 4.90 Å². The first-order valence-corrected chi connectivity index (χ1v) is 8.76. The Morgan fingerprint density at radius 3 is 2.74 bits per heavy atom. The number of ether oxygens (including phenoxy) is 1. The first-order valence-electron chi connectivity index (χ1n) is 8.76. The zero-order valence-electron chi connectivity index (χ0n) is 13.6. The second kappa shape index (κ2) is 7.62. The van der Waals surface area contributed by atoms with Crippen LogP contribution in [0.25, 0.3) is 0 Å². The van der Waals surface area contributed by atoms with Gasteiger partial charge in [-0.25, -0.2) is 0 Å². The summed E-state index contributed by atoms with van der Waals surface area (Å²) in [6, 6.07) is 8.34. The topological polar surface area (TPSA) is 46.6 Å². The van der Waals surface area contributed by atoms with Gasteiger partial charge in [0.25, 0.3) is 0 Å². The normalized spacial score (nSPS) is 22.0. The highest BCUT2D eigenvalue weighted by molar-refractivity contribution is 5.82. The van der Waals surface area contributed by atoms with Crippen LogP contribution in [0.1, 0.15) is 49.7 Å². The van der Waals surface area contributed by atoms with Crippen LogP contribution in [0.5, 0.6) is 0 Å². The molecule has 1 aliphatic carbocycles. The molecule has 4 nitrogen and oxygen atoms in total. The lowest BCUT2D eigenvalue weighted by atomic mass is 9.90. The molecular weight excluding hydrogens is 290 g/mol. The predicted molar refractivity (Wildman–Crippen MR) is 88.0 cm³/mol. The Bertz CT molecular complexity index is 569. The monoisotopic (exact) mass is 315 g/mol. The Hall–Kier alpha value is -1.84. The SMILES string of the molecule is O=C(CN1CCCCCCC1=O)OC1CCc2ccccc2C1. The number of carbonyl (C=O) groups is 2. The maximum absolute atomic E-state index is 12.2. The molecule has 1 unspecified atom stereocenters. The second-order valence-electron chi connectivity index (χ2n) is 6.60. The van der Waals surface area contributed by atoms with Gasteiger partial charge in [-0.3, -0.25) is 9.59 Å². The zero-order valence-corrected chi connectivity index (χ0v) is 13.6. The highest BCUT2D eigenvalue weighted by Crippen LogP contribution is 2.23. The number of fused-ring (bicyclic) bond motifs is 1. The maximum atomic E-state index is 12.2. The maximum Gasteiger partial charge on any atom is 0.325 e. The largest absolute Gasteiger partial charge is 0.461 e. The van der Waals surface area contributed by atoms with Crippen LogP contribution < -0.4 is 0 Å². The van der Waals surface area contributed by atoms with Crippen molar-refractivity contribution in [2.75, 3.05) is 13.1 Å². The zero-order chi connectivity index (χ0) is 16.1. The van der Waals surface area contributed by atoms with E-state index in [0.29, 0.717) is 13.0 Å². The number of amides is 1. The molecule has 1 saturated heterocycles. The van der Waals surface area contributed by atoms with E-state index in [1.54, 1.807) is 4.90 Å². The van der Waals surface area contributed by atoms with Crippen molar-refractivity contribution in [2.24, 2.45) is 0 Å². The van der Waals surface area contributed by atoms with E-state index in [0.717, 1.165) is 44.9 Å². The predicted octanol–water partition coefficient (Wildman–Crippen LogP) is 2.88. The molecule has 0 saturated carbocycles. The molecule has 124 valence electrons. The third kappa shape index (κ3) is 4.34. The summed E-state index contributed by atoms with van der Waals surface area (Å²) in [6.07, 6.45) is 7.29. The van der Waals surface area contributed by atoms with E-state index in [1.165, 1.54) is 11.1 Å². The fourth-order valence-electron chi connectivity index (χ4n) is 3.53. The minimum absolute atomic E-state index is 0.0535. The van der Waals surface area contributed by atoms with Crippen LogP contribution in [-0.4, -0.2) is 36.0 Å². The molecule has 1 aromatic carbocycles. The summed E-state index contributed by atoms with van der Waals surface area (Å²) >= 11 is 0. The van der Waals surface area contributed by atoms with E-state index in [4.69, 9.17) is 4.74 Å². The number of hydrogen-bond acceptors (Lipinski definition) is 3. The fourth-order valence-corrected chi connectivity index (χ4v) is 3.53. The van der Waals surface area contributed by atoms with Gasteiger partial charge in [0.2, 0.25) is 5.91 Å². The molecule has 0 aromatic heterocycles. The van der Waals surface area contributed by atoms with Crippen LogP contribution in [-0.2, 0) is 27.2 Å². The number of rotatable bonds is 3. The van der Waals surface area contributed by atoms with Crippen molar-refractivity contribution >= 4 is 11.9 Å². The van der Waals surface area contributed by atoms with E-state index >= 15 is 0 Å². The van der Waals surface area contributed by atoms with E-state index in [-0.39, 0.29) is 24.5 Å². The lowest BCUT2D eigenvalue weighted by molar-refractivity contribution is -0.154. The molecule has 4 heteroatoms. The molecule has 1 fully saturated rings. The summed E-state index contributed by atoms with van der Waals surface area (Å²) in [6.45, 7) is 0.790. The summed E-state index contributed by atoms with van der Waals surface area (Å²) in [4.78, 5) is 26.0. The highest BCUT2D eigenvalue weighted by atomic mass is 16.5. The van der Waals surface area contributed by atoms with Gasteiger partial charge >= 0.3 is 5.97 Å². The molecule has 23 heavy (non-hydrogen) atoms. The molecule has 0 radical (unpaired) electrons. The third-order valence-corrected chi connectivity index (χ3v) is 4.84. The van der Waals surface area contributed by atoms with Crippen LogP contribution in [0.2, 0.25) is 0 Å². The molecule has 1 aliphatic heterocycles. The Kier molecular flexibility index (Phi) is 5.31. The highest BCUT2D eigenvalue weighted by Gasteiger charge is 2.24. The van der Waals surface area contributed by atoms with Gasteiger partial charge in [-0.2, -0.15) is 0 Å². The summed E-state index contributed by atoms with van der Waals surface area (Å²) in [5, 5.41) is 0. The van der Waals surface area contributed by atoms with Crippen LogP contribution in [0.3, 0.4) is 0 Å². The Morgan fingerprint density at radius 2 is 1.87 bits per heavy atom. The summed E-state index contributed by atoms with van der Waals surface area (Å²) in [7, 11) is 0. The summed E-state index contributed by atoms with van der Waals surface area (Å²) in [5.41, 5.74) is 2.64. The van der Waals surface area contributed by atoms with Crippen molar-refractivity contribution in [2.45, 2.75) is 57.5 Å². The van der Waals surface area contributed by atoms with Gasteiger partial charge in [0.05, 0.1) is 0 Å². The average Bonchev–Trinajstić information content (AvgIpc) is 2.54. The molecule has 2 aliphatic rings.